The topological polar surface area (TPSA) is 37.3 Å². The zero-order valence-electron chi connectivity index (χ0n) is 14.9. The zero-order valence-corrected chi connectivity index (χ0v) is 14.9. The molecule has 0 spiro atoms. The summed E-state index contributed by atoms with van der Waals surface area (Å²) in [6, 6.07) is 18.2. The summed E-state index contributed by atoms with van der Waals surface area (Å²) in [7, 11) is 0. The van der Waals surface area contributed by atoms with Gasteiger partial charge >= 0.3 is 0 Å². The summed E-state index contributed by atoms with van der Waals surface area (Å²) in [5.41, 5.74) is 3.05. The molecule has 0 saturated carbocycles. The summed E-state index contributed by atoms with van der Waals surface area (Å²) in [4.78, 5) is 14.6. The van der Waals surface area contributed by atoms with Gasteiger partial charge in [-0.2, -0.15) is 0 Å². The molecule has 3 aromatic rings. The number of benzene rings is 2. The molecular formula is C21H25N3O. The third-order valence-electron chi connectivity index (χ3n) is 4.58. The molecule has 0 fully saturated rings. The van der Waals surface area contributed by atoms with Gasteiger partial charge in [0.25, 0.3) is 5.91 Å². The Labute approximate surface area is 149 Å². The molecule has 1 amide bonds. The zero-order chi connectivity index (χ0) is 17.6. The SMILES string of the molecule is CCN(CC)c1ccc(C(=O)NCCn2ccc3ccccc32)cc1. The van der Waals surface area contributed by atoms with E-state index in [-0.39, 0.29) is 5.91 Å². The highest BCUT2D eigenvalue weighted by atomic mass is 16.1. The lowest BCUT2D eigenvalue weighted by Crippen LogP contribution is -2.27. The van der Waals surface area contributed by atoms with E-state index >= 15 is 0 Å². The number of aromatic nitrogens is 1. The minimum Gasteiger partial charge on any atom is -0.372 e. The lowest BCUT2D eigenvalue weighted by Gasteiger charge is -2.21. The summed E-state index contributed by atoms with van der Waals surface area (Å²) in [6.07, 6.45) is 2.07. The Bertz CT molecular complexity index is 832. The van der Waals surface area contributed by atoms with Gasteiger partial charge in [0.15, 0.2) is 0 Å². The normalized spacial score (nSPS) is 10.8. The van der Waals surface area contributed by atoms with Crippen LogP contribution in [-0.2, 0) is 6.54 Å². The highest BCUT2D eigenvalue weighted by Gasteiger charge is 2.07. The van der Waals surface area contributed by atoms with Crippen LogP contribution in [0.15, 0.2) is 60.8 Å². The molecule has 4 nitrogen and oxygen atoms in total. The maximum atomic E-state index is 12.3. The summed E-state index contributed by atoms with van der Waals surface area (Å²) in [5, 5.41) is 4.23. The molecule has 0 atom stereocenters. The molecule has 25 heavy (non-hydrogen) atoms. The van der Waals surface area contributed by atoms with Crippen molar-refractivity contribution >= 4 is 22.5 Å². The van der Waals surface area contributed by atoms with Gasteiger partial charge in [-0.3, -0.25) is 4.79 Å². The second-order valence-corrected chi connectivity index (χ2v) is 6.04. The highest BCUT2D eigenvalue weighted by Crippen LogP contribution is 2.16. The molecule has 1 aromatic heterocycles. The number of carbonyl (C=O) groups excluding carboxylic acids is 1. The molecule has 0 aliphatic carbocycles. The fourth-order valence-electron chi connectivity index (χ4n) is 3.14. The minimum atomic E-state index is -0.0254. The fourth-order valence-corrected chi connectivity index (χ4v) is 3.14. The number of para-hydroxylation sites is 1. The fraction of sp³-hybridized carbons (Fsp3) is 0.286. The van der Waals surface area contributed by atoms with Gasteiger partial charge in [-0.1, -0.05) is 18.2 Å². The molecule has 4 heteroatoms. The Morgan fingerprint density at radius 2 is 1.72 bits per heavy atom. The summed E-state index contributed by atoms with van der Waals surface area (Å²) >= 11 is 0. The van der Waals surface area contributed by atoms with Crippen molar-refractivity contribution in [3.63, 3.8) is 0 Å². The van der Waals surface area contributed by atoms with Crippen LogP contribution in [-0.4, -0.2) is 30.1 Å². The lowest BCUT2D eigenvalue weighted by atomic mass is 10.2. The predicted octanol–water partition coefficient (Wildman–Crippen LogP) is 3.92. The second kappa shape index (κ2) is 7.88. The van der Waals surface area contributed by atoms with Gasteiger partial charge in [-0.15, -0.1) is 0 Å². The van der Waals surface area contributed by atoms with Crippen LogP contribution >= 0.6 is 0 Å². The van der Waals surface area contributed by atoms with E-state index in [1.807, 2.05) is 36.4 Å². The number of fused-ring (bicyclic) bond motifs is 1. The average molecular weight is 335 g/mol. The first-order valence-electron chi connectivity index (χ1n) is 8.90. The average Bonchev–Trinajstić information content (AvgIpc) is 3.06. The Morgan fingerprint density at radius 3 is 2.44 bits per heavy atom. The quantitative estimate of drug-likeness (QED) is 0.710. The summed E-state index contributed by atoms with van der Waals surface area (Å²) < 4.78 is 2.17. The standard InChI is InChI=1S/C21H25N3O/c1-3-23(4-2)19-11-9-18(10-12-19)21(25)22-14-16-24-15-13-17-7-5-6-8-20(17)24/h5-13,15H,3-4,14,16H2,1-2H3,(H,22,25). The predicted molar refractivity (Wildman–Crippen MR) is 104 cm³/mol. The van der Waals surface area contributed by atoms with Gasteiger partial charge in [0, 0.05) is 49.1 Å². The Kier molecular flexibility index (Phi) is 5.39. The first kappa shape index (κ1) is 17.1. The van der Waals surface area contributed by atoms with Gasteiger partial charge in [-0.05, 0) is 55.6 Å². The molecule has 3 rings (SSSR count). The summed E-state index contributed by atoms with van der Waals surface area (Å²) in [6.45, 7) is 7.57. The number of nitrogens with one attached hydrogen (secondary N) is 1. The third-order valence-corrected chi connectivity index (χ3v) is 4.58. The third kappa shape index (κ3) is 3.85. The lowest BCUT2D eigenvalue weighted by molar-refractivity contribution is 0.0952. The van der Waals surface area contributed by atoms with Crippen LogP contribution in [0.4, 0.5) is 5.69 Å². The molecule has 0 radical (unpaired) electrons. The first-order valence-corrected chi connectivity index (χ1v) is 8.90. The molecule has 0 bridgehead atoms. The molecule has 0 saturated heterocycles. The maximum absolute atomic E-state index is 12.3. The Morgan fingerprint density at radius 1 is 1.00 bits per heavy atom. The van der Waals surface area contributed by atoms with Crippen molar-refractivity contribution in [3.05, 3.63) is 66.4 Å². The van der Waals surface area contributed by atoms with Gasteiger partial charge in [0.1, 0.15) is 0 Å². The largest absolute Gasteiger partial charge is 0.372 e. The van der Waals surface area contributed by atoms with Crippen LogP contribution in [0, 0.1) is 0 Å². The van der Waals surface area contributed by atoms with E-state index in [2.05, 4.69) is 53.0 Å². The van der Waals surface area contributed by atoms with Crippen LogP contribution in [0.1, 0.15) is 24.2 Å². The molecular weight excluding hydrogens is 310 g/mol. The number of rotatable bonds is 7. The van der Waals surface area contributed by atoms with Crippen LogP contribution in [0.2, 0.25) is 0 Å². The van der Waals surface area contributed by atoms with Crippen molar-refractivity contribution in [2.45, 2.75) is 20.4 Å². The Balaban J connectivity index is 1.57. The minimum absolute atomic E-state index is 0.0254. The molecule has 0 aliphatic rings. The van der Waals surface area contributed by atoms with E-state index in [0.29, 0.717) is 12.1 Å². The highest BCUT2D eigenvalue weighted by molar-refractivity contribution is 5.94. The van der Waals surface area contributed by atoms with E-state index in [4.69, 9.17) is 0 Å². The number of amides is 1. The van der Waals surface area contributed by atoms with Gasteiger partial charge < -0.3 is 14.8 Å². The molecule has 2 aromatic carbocycles. The van der Waals surface area contributed by atoms with Gasteiger partial charge in [0.2, 0.25) is 0 Å². The van der Waals surface area contributed by atoms with Crippen molar-refractivity contribution in [2.24, 2.45) is 0 Å². The van der Waals surface area contributed by atoms with Crippen LogP contribution in [0.25, 0.3) is 10.9 Å². The van der Waals surface area contributed by atoms with Crippen molar-refractivity contribution in [2.75, 3.05) is 24.5 Å². The van der Waals surface area contributed by atoms with E-state index in [9.17, 15) is 4.79 Å². The molecule has 0 unspecified atom stereocenters. The molecule has 130 valence electrons. The van der Waals surface area contributed by atoms with Crippen molar-refractivity contribution < 1.29 is 4.79 Å². The summed E-state index contributed by atoms with van der Waals surface area (Å²) in [5.74, 6) is -0.0254. The number of nitrogens with zero attached hydrogens (tertiary/aromatic N) is 2. The second-order valence-electron chi connectivity index (χ2n) is 6.04. The van der Waals surface area contributed by atoms with Crippen molar-refractivity contribution in [1.29, 1.82) is 0 Å². The van der Waals surface area contributed by atoms with Crippen molar-refractivity contribution in [3.8, 4) is 0 Å². The Hall–Kier alpha value is -2.75. The van der Waals surface area contributed by atoms with Crippen LogP contribution < -0.4 is 10.2 Å². The van der Waals surface area contributed by atoms with E-state index < -0.39 is 0 Å². The van der Waals surface area contributed by atoms with Crippen LogP contribution in [0.3, 0.4) is 0 Å². The monoisotopic (exact) mass is 335 g/mol. The van der Waals surface area contributed by atoms with E-state index in [1.165, 1.54) is 10.9 Å². The van der Waals surface area contributed by atoms with E-state index in [1.54, 1.807) is 0 Å². The van der Waals surface area contributed by atoms with Crippen molar-refractivity contribution in [1.82, 2.24) is 9.88 Å². The molecule has 1 N–H and O–H groups in total. The molecule has 1 heterocycles. The smallest absolute Gasteiger partial charge is 0.251 e. The first-order chi connectivity index (χ1) is 12.2. The number of hydrogen-bond donors (Lipinski definition) is 1. The maximum Gasteiger partial charge on any atom is 0.251 e. The number of anilines is 1. The van der Waals surface area contributed by atoms with Crippen LogP contribution in [0.5, 0.6) is 0 Å². The van der Waals surface area contributed by atoms with Gasteiger partial charge in [0.05, 0.1) is 0 Å². The van der Waals surface area contributed by atoms with E-state index in [0.717, 1.165) is 25.3 Å². The number of carbonyl (C=O) groups is 1. The number of hydrogen-bond acceptors (Lipinski definition) is 2. The molecule has 0 aliphatic heterocycles. The van der Waals surface area contributed by atoms with Gasteiger partial charge in [-0.25, -0.2) is 0 Å².